The molecular formula is C18H33ClN4O3. The van der Waals surface area contributed by atoms with Crippen LogP contribution in [-0.2, 0) is 14.4 Å². The molecule has 26 heavy (non-hydrogen) atoms. The van der Waals surface area contributed by atoms with E-state index in [1.54, 1.807) is 4.90 Å². The smallest absolute Gasteiger partial charge is 0.241 e. The van der Waals surface area contributed by atoms with Gasteiger partial charge in [-0.25, -0.2) is 0 Å². The molecule has 3 amide bonds. The van der Waals surface area contributed by atoms with Crippen molar-refractivity contribution in [1.29, 1.82) is 0 Å². The third-order valence-electron chi connectivity index (χ3n) is 5.22. The fourth-order valence-electron chi connectivity index (χ4n) is 3.77. The number of amides is 3. The Labute approximate surface area is 162 Å². The molecule has 4 N–H and O–H groups in total. The maximum Gasteiger partial charge on any atom is 0.241 e. The van der Waals surface area contributed by atoms with Gasteiger partial charge in [-0.1, -0.05) is 19.3 Å². The second kappa shape index (κ2) is 12.1. The number of halogens is 1. The van der Waals surface area contributed by atoms with E-state index in [2.05, 4.69) is 10.6 Å². The van der Waals surface area contributed by atoms with Gasteiger partial charge in [-0.15, -0.1) is 12.4 Å². The summed E-state index contributed by atoms with van der Waals surface area (Å²) in [5.41, 5.74) is 5.40. The molecule has 1 heterocycles. The molecule has 0 aromatic rings. The highest BCUT2D eigenvalue weighted by molar-refractivity contribution is 5.86. The van der Waals surface area contributed by atoms with Crippen LogP contribution < -0.4 is 16.4 Å². The molecule has 2 rings (SSSR count). The standard InChI is InChI=1S/C18H32N4O3.ClH/c19-8-9-20-18(25)15-7-4-10-22(13-15)17(24)12-21-16(23)11-14-5-2-1-3-6-14;/h14-15H,1-13,19H2,(H,20,25)(H,21,23);1H. The first kappa shape index (κ1) is 22.7. The molecule has 1 aliphatic heterocycles. The maximum absolute atomic E-state index is 12.3. The molecule has 0 spiro atoms. The van der Waals surface area contributed by atoms with Gasteiger partial charge in [0.15, 0.2) is 0 Å². The normalized spacial score (nSPS) is 20.8. The third kappa shape index (κ3) is 7.50. The molecule has 1 saturated carbocycles. The van der Waals surface area contributed by atoms with Crippen LogP contribution >= 0.6 is 12.4 Å². The van der Waals surface area contributed by atoms with E-state index in [1.807, 2.05) is 0 Å². The molecule has 1 aliphatic carbocycles. The van der Waals surface area contributed by atoms with Gasteiger partial charge in [0.25, 0.3) is 0 Å². The highest BCUT2D eigenvalue weighted by Crippen LogP contribution is 2.26. The lowest BCUT2D eigenvalue weighted by molar-refractivity contribution is -0.136. The van der Waals surface area contributed by atoms with Gasteiger partial charge in [-0.2, -0.15) is 0 Å². The molecule has 0 bridgehead atoms. The Bertz CT molecular complexity index is 469. The number of piperidine rings is 1. The van der Waals surface area contributed by atoms with Crippen molar-refractivity contribution in [2.75, 3.05) is 32.7 Å². The van der Waals surface area contributed by atoms with Crippen molar-refractivity contribution in [3.8, 4) is 0 Å². The Balaban J connectivity index is 0.00000338. The van der Waals surface area contributed by atoms with Gasteiger partial charge in [-0.05, 0) is 31.6 Å². The second-order valence-electron chi connectivity index (χ2n) is 7.24. The third-order valence-corrected chi connectivity index (χ3v) is 5.22. The summed E-state index contributed by atoms with van der Waals surface area (Å²) in [6, 6.07) is 0. The van der Waals surface area contributed by atoms with Crippen LogP contribution in [0.15, 0.2) is 0 Å². The Morgan fingerprint density at radius 3 is 2.42 bits per heavy atom. The molecule has 1 saturated heterocycles. The van der Waals surface area contributed by atoms with Crippen LogP contribution in [0.2, 0.25) is 0 Å². The number of likely N-dealkylation sites (tertiary alicyclic amines) is 1. The molecule has 0 aromatic carbocycles. The first-order valence-electron chi connectivity index (χ1n) is 9.62. The lowest BCUT2D eigenvalue weighted by atomic mass is 9.87. The van der Waals surface area contributed by atoms with Crippen LogP contribution in [0.4, 0.5) is 0 Å². The van der Waals surface area contributed by atoms with Crippen molar-refractivity contribution in [2.45, 2.75) is 51.4 Å². The van der Waals surface area contributed by atoms with Crippen LogP contribution in [0.3, 0.4) is 0 Å². The van der Waals surface area contributed by atoms with Crippen LogP contribution in [0, 0.1) is 11.8 Å². The fourth-order valence-corrected chi connectivity index (χ4v) is 3.77. The quantitative estimate of drug-likeness (QED) is 0.600. The first-order chi connectivity index (χ1) is 12.1. The number of nitrogens with one attached hydrogen (secondary N) is 2. The number of hydrogen-bond donors (Lipinski definition) is 3. The summed E-state index contributed by atoms with van der Waals surface area (Å²) in [5, 5.41) is 5.54. The summed E-state index contributed by atoms with van der Waals surface area (Å²) in [6.45, 7) is 1.98. The predicted octanol–water partition coefficient (Wildman–Crippen LogP) is 0.808. The molecule has 1 unspecified atom stereocenters. The summed E-state index contributed by atoms with van der Waals surface area (Å²) in [4.78, 5) is 38.1. The highest BCUT2D eigenvalue weighted by Gasteiger charge is 2.28. The van der Waals surface area contributed by atoms with E-state index >= 15 is 0 Å². The van der Waals surface area contributed by atoms with E-state index in [0.29, 0.717) is 38.5 Å². The molecule has 0 radical (unpaired) electrons. The minimum Gasteiger partial charge on any atom is -0.355 e. The second-order valence-corrected chi connectivity index (χ2v) is 7.24. The van der Waals surface area contributed by atoms with Crippen molar-refractivity contribution in [3.63, 3.8) is 0 Å². The van der Waals surface area contributed by atoms with E-state index in [-0.39, 0.29) is 42.6 Å². The predicted molar refractivity (Wildman–Crippen MR) is 103 cm³/mol. The number of nitrogens with two attached hydrogens (primary N) is 1. The van der Waals surface area contributed by atoms with E-state index < -0.39 is 0 Å². The highest BCUT2D eigenvalue weighted by atomic mass is 35.5. The molecule has 0 aromatic heterocycles. The van der Waals surface area contributed by atoms with Crippen LogP contribution in [0.1, 0.15) is 51.4 Å². The molecule has 2 aliphatic rings. The topological polar surface area (TPSA) is 105 Å². The average Bonchev–Trinajstić information content (AvgIpc) is 2.65. The van der Waals surface area contributed by atoms with Gasteiger partial charge >= 0.3 is 0 Å². The van der Waals surface area contributed by atoms with Crippen LogP contribution in [0.25, 0.3) is 0 Å². The van der Waals surface area contributed by atoms with Crippen molar-refractivity contribution < 1.29 is 14.4 Å². The number of hydrogen-bond acceptors (Lipinski definition) is 4. The monoisotopic (exact) mass is 388 g/mol. The zero-order valence-electron chi connectivity index (χ0n) is 15.5. The SMILES string of the molecule is Cl.NCCNC(=O)C1CCCN(C(=O)CNC(=O)CC2CCCCC2)C1. The molecule has 1 atom stereocenters. The van der Waals surface area contributed by atoms with Crippen LogP contribution in [0.5, 0.6) is 0 Å². The number of carbonyl (C=O) groups is 3. The molecule has 7 nitrogen and oxygen atoms in total. The van der Waals surface area contributed by atoms with Gasteiger partial charge < -0.3 is 21.3 Å². The summed E-state index contributed by atoms with van der Waals surface area (Å²) >= 11 is 0. The lowest BCUT2D eigenvalue weighted by Crippen LogP contribution is -2.48. The average molecular weight is 389 g/mol. The summed E-state index contributed by atoms with van der Waals surface area (Å²) < 4.78 is 0. The zero-order valence-corrected chi connectivity index (χ0v) is 16.3. The molecular weight excluding hydrogens is 356 g/mol. The summed E-state index contributed by atoms with van der Waals surface area (Å²) in [7, 11) is 0. The first-order valence-corrected chi connectivity index (χ1v) is 9.62. The van der Waals surface area contributed by atoms with Crippen molar-refractivity contribution in [1.82, 2.24) is 15.5 Å². The van der Waals surface area contributed by atoms with Gasteiger partial charge in [0.05, 0.1) is 12.5 Å². The van der Waals surface area contributed by atoms with Crippen LogP contribution in [-0.4, -0.2) is 55.3 Å². The number of rotatable bonds is 7. The van der Waals surface area contributed by atoms with E-state index in [1.165, 1.54) is 19.3 Å². The van der Waals surface area contributed by atoms with Crippen molar-refractivity contribution in [2.24, 2.45) is 17.6 Å². The fraction of sp³-hybridized carbons (Fsp3) is 0.833. The number of nitrogens with zero attached hydrogens (tertiary/aromatic N) is 1. The van der Waals surface area contributed by atoms with Gasteiger partial charge in [-0.3, -0.25) is 14.4 Å². The Hall–Kier alpha value is -1.34. The number of carbonyl (C=O) groups excluding carboxylic acids is 3. The summed E-state index contributed by atoms with van der Waals surface area (Å²) in [6.07, 6.45) is 8.04. The van der Waals surface area contributed by atoms with Crippen molar-refractivity contribution >= 4 is 30.1 Å². The summed E-state index contributed by atoms with van der Waals surface area (Å²) in [5.74, 6) is 0.115. The molecule has 150 valence electrons. The Morgan fingerprint density at radius 1 is 1.00 bits per heavy atom. The van der Waals surface area contributed by atoms with Gasteiger partial charge in [0.2, 0.25) is 17.7 Å². The Morgan fingerprint density at radius 2 is 1.73 bits per heavy atom. The Kier molecular flexibility index (Phi) is 10.6. The maximum atomic E-state index is 12.3. The minimum absolute atomic E-state index is 0. The molecule has 2 fully saturated rings. The van der Waals surface area contributed by atoms with Crippen molar-refractivity contribution in [3.05, 3.63) is 0 Å². The van der Waals surface area contributed by atoms with E-state index in [4.69, 9.17) is 5.73 Å². The lowest BCUT2D eigenvalue weighted by Gasteiger charge is -2.32. The minimum atomic E-state index is -0.179. The largest absolute Gasteiger partial charge is 0.355 e. The zero-order chi connectivity index (χ0) is 18.1. The molecule has 8 heteroatoms. The van der Waals surface area contributed by atoms with Gasteiger partial charge in [0.1, 0.15) is 0 Å². The van der Waals surface area contributed by atoms with Gasteiger partial charge in [0, 0.05) is 32.6 Å². The van der Waals surface area contributed by atoms with E-state index in [0.717, 1.165) is 25.7 Å². The van der Waals surface area contributed by atoms with E-state index in [9.17, 15) is 14.4 Å².